The molecule has 0 saturated heterocycles. The molecule has 0 aromatic rings. The Morgan fingerprint density at radius 1 is 1.64 bits per heavy atom. The maximum Gasteiger partial charge on any atom is 0.269 e. The van der Waals surface area contributed by atoms with Gasteiger partial charge in [-0.3, -0.25) is 9.63 Å². The number of hydrogen-bond acceptors (Lipinski definition) is 2. The van der Waals surface area contributed by atoms with Crippen molar-refractivity contribution >= 4 is 5.91 Å². The zero-order valence-corrected chi connectivity index (χ0v) is 7.17. The minimum absolute atomic E-state index is 0.172. The van der Waals surface area contributed by atoms with Crippen molar-refractivity contribution in [3.8, 4) is 0 Å². The normalized spacial score (nSPS) is 9.27. The van der Waals surface area contributed by atoms with Gasteiger partial charge in [-0.2, -0.15) is 0 Å². The second-order valence-corrected chi connectivity index (χ2v) is 2.06. The molecule has 1 amide bonds. The molecule has 3 nitrogen and oxygen atoms in total. The first kappa shape index (κ1) is 10.2. The molecule has 0 bridgehead atoms. The number of hydroxylamine groups is 2. The van der Waals surface area contributed by atoms with Gasteiger partial charge in [0.05, 0.1) is 6.61 Å². The van der Waals surface area contributed by atoms with E-state index in [0.717, 1.165) is 6.42 Å². The number of hydrogen-bond donors (Lipinski definition) is 0. The summed E-state index contributed by atoms with van der Waals surface area (Å²) in [5.41, 5.74) is 0. The third-order valence-electron chi connectivity index (χ3n) is 1.13. The maximum absolute atomic E-state index is 11.0. The van der Waals surface area contributed by atoms with Crippen molar-refractivity contribution in [2.24, 2.45) is 0 Å². The molecule has 0 aliphatic heterocycles. The summed E-state index contributed by atoms with van der Waals surface area (Å²) in [4.78, 5) is 16.0. The van der Waals surface area contributed by atoms with Crippen molar-refractivity contribution in [2.45, 2.75) is 20.3 Å². The first-order chi connectivity index (χ1) is 5.26. The minimum atomic E-state index is -0.172. The SMILES string of the molecule is C=CC(=O)N(CCC)OCC. The molecule has 0 aliphatic rings. The van der Waals surface area contributed by atoms with Gasteiger partial charge in [0.2, 0.25) is 0 Å². The summed E-state index contributed by atoms with van der Waals surface area (Å²) in [6.07, 6.45) is 2.14. The highest BCUT2D eigenvalue weighted by Gasteiger charge is 2.07. The van der Waals surface area contributed by atoms with Gasteiger partial charge in [-0.25, -0.2) is 5.06 Å². The van der Waals surface area contributed by atoms with E-state index in [2.05, 4.69) is 6.58 Å². The summed E-state index contributed by atoms with van der Waals surface area (Å²) in [6.45, 7) is 8.35. The van der Waals surface area contributed by atoms with Gasteiger partial charge in [-0.15, -0.1) is 0 Å². The molecule has 11 heavy (non-hydrogen) atoms. The summed E-state index contributed by atoms with van der Waals surface area (Å²) >= 11 is 0. The monoisotopic (exact) mass is 157 g/mol. The van der Waals surface area contributed by atoms with Crippen LogP contribution >= 0.6 is 0 Å². The van der Waals surface area contributed by atoms with Crippen LogP contribution in [0.1, 0.15) is 20.3 Å². The Morgan fingerprint density at radius 3 is 2.64 bits per heavy atom. The van der Waals surface area contributed by atoms with Gasteiger partial charge < -0.3 is 0 Å². The highest BCUT2D eigenvalue weighted by Crippen LogP contribution is 1.94. The standard InChI is InChI=1S/C8H15NO2/c1-4-7-9(11-6-3)8(10)5-2/h5H,2,4,6-7H2,1,3H3. The van der Waals surface area contributed by atoms with Crippen molar-refractivity contribution in [1.29, 1.82) is 0 Å². The van der Waals surface area contributed by atoms with Crippen LogP contribution in [0.5, 0.6) is 0 Å². The van der Waals surface area contributed by atoms with Crippen LogP contribution in [0, 0.1) is 0 Å². The molecule has 0 spiro atoms. The van der Waals surface area contributed by atoms with Gasteiger partial charge in [0.15, 0.2) is 0 Å². The third kappa shape index (κ3) is 3.78. The van der Waals surface area contributed by atoms with Crippen LogP contribution in [0.4, 0.5) is 0 Å². The van der Waals surface area contributed by atoms with Gasteiger partial charge in [-0.1, -0.05) is 13.5 Å². The van der Waals surface area contributed by atoms with Crippen LogP contribution in [-0.2, 0) is 9.63 Å². The van der Waals surface area contributed by atoms with Crippen LogP contribution in [0.2, 0.25) is 0 Å². The molecule has 0 saturated carbocycles. The molecule has 0 rings (SSSR count). The smallest absolute Gasteiger partial charge is 0.269 e. The molecule has 0 atom stereocenters. The lowest BCUT2D eigenvalue weighted by atomic mass is 10.4. The summed E-state index contributed by atoms with van der Waals surface area (Å²) in [5, 5.41) is 1.33. The van der Waals surface area contributed by atoms with E-state index in [4.69, 9.17) is 4.84 Å². The topological polar surface area (TPSA) is 29.5 Å². The summed E-state index contributed by atoms with van der Waals surface area (Å²) in [5.74, 6) is -0.172. The lowest BCUT2D eigenvalue weighted by Crippen LogP contribution is -2.30. The van der Waals surface area contributed by atoms with Gasteiger partial charge in [0.25, 0.3) is 5.91 Å². The Bertz CT molecular complexity index is 128. The van der Waals surface area contributed by atoms with Crippen LogP contribution < -0.4 is 0 Å². The predicted octanol–water partition coefficient (Wildman–Crippen LogP) is 1.36. The summed E-state index contributed by atoms with van der Waals surface area (Å²) < 4.78 is 0. The van der Waals surface area contributed by atoms with Crippen LogP contribution in [-0.4, -0.2) is 24.1 Å². The molecule has 0 fully saturated rings. The second kappa shape index (κ2) is 5.92. The minimum Gasteiger partial charge on any atom is -0.271 e. The van der Waals surface area contributed by atoms with E-state index < -0.39 is 0 Å². The van der Waals surface area contributed by atoms with Crippen LogP contribution in [0.3, 0.4) is 0 Å². The van der Waals surface area contributed by atoms with Gasteiger partial charge >= 0.3 is 0 Å². The molecular formula is C8H15NO2. The molecular weight excluding hydrogens is 142 g/mol. The fourth-order valence-electron chi connectivity index (χ4n) is 0.699. The molecule has 64 valence electrons. The molecule has 3 heteroatoms. The molecule has 0 aromatic carbocycles. The third-order valence-corrected chi connectivity index (χ3v) is 1.13. The van der Waals surface area contributed by atoms with Gasteiger partial charge in [0.1, 0.15) is 0 Å². The Kier molecular flexibility index (Phi) is 5.47. The van der Waals surface area contributed by atoms with E-state index >= 15 is 0 Å². The largest absolute Gasteiger partial charge is 0.271 e. The Labute approximate surface area is 67.6 Å². The fourth-order valence-corrected chi connectivity index (χ4v) is 0.699. The van der Waals surface area contributed by atoms with Crippen molar-refractivity contribution in [1.82, 2.24) is 5.06 Å². The quantitative estimate of drug-likeness (QED) is 0.445. The van der Waals surface area contributed by atoms with E-state index in [1.807, 2.05) is 13.8 Å². The first-order valence-corrected chi connectivity index (χ1v) is 3.83. The number of amides is 1. The zero-order valence-electron chi connectivity index (χ0n) is 7.17. The lowest BCUT2D eigenvalue weighted by Gasteiger charge is -2.18. The molecule has 0 N–H and O–H groups in total. The molecule has 0 unspecified atom stereocenters. The summed E-state index contributed by atoms with van der Waals surface area (Å²) in [6, 6.07) is 0. The maximum atomic E-state index is 11.0. The number of carbonyl (C=O) groups is 1. The van der Waals surface area contributed by atoms with E-state index in [-0.39, 0.29) is 5.91 Å². The second-order valence-electron chi connectivity index (χ2n) is 2.06. The predicted molar refractivity (Wildman–Crippen MR) is 43.8 cm³/mol. The Morgan fingerprint density at radius 2 is 2.27 bits per heavy atom. The van der Waals surface area contributed by atoms with Crippen LogP contribution in [0.25, 0.3) is 0 Å². The van der Waals surface area contributed by atoms with E-state index in [9.17, 15) is 4.79 Å². The summed E-state index contributed by atoms with van der Waals surface area (Å²) in [7, 11) is 0. The average Bonchev–Trinajstić information content (AvgIpc) is 2.03. The molecule has 0 heterocycles. The van der Waals surface area contributed by atoms with Crippen molar-refractivity contribution < 1.29 is 9.63 Å². The Balaban J connectivity index is 3.86. The fraction of sp³-hybridized carbons (Fsp3) is 0.625. The number of carbonyl (C=O) groups excluding carboxylic acids is 1. The van der Waals surface area contributed by atoms with E-state index in [1.165, 1.54) is 11.1 Å². The van der Waals surface area contributed by atoms with Gasteiger partial charge in [-0.05, 0) is 19.4 Å². The van der Waals surface area contributed by atoms with E-state index in [1.54, 1.807) is 0 Å². The Hall–Kier alpha value is -0.830. The molecule has 0 aromatic heterocycles. The average molecular weight is 157 g/mol. The van der Waals surface area contributed by atoms with Crippen molar-refractivity contribution in [3.63, 3.8) is 0 Å². The highest BCUT2D eigenvalue weighted by atomic mass is 16.7. The van der Waals surface area contributed by atoms with Crippen molar-refractivity contribution in [3.05, 3.63) is 12.7 Å². The van der Waals surface area contributed by atoms with Crippen LogP contribution in [0.15, 0.2) is 12.7 Å². The lowest BCUT2D eigenvalue weighted by molar-refractivity contribution is -0.179. The number of rotatable bonds is 5. The number of nitrogens with zero attached hydrogens (tertiary/aromatic N) is 1. The molecule has 0 radical (unpaired) electrons. The van der Waals surface area contributed by atoms with Gasteiger partial charge in [0, 0.05) is 6.54 Å². The highest BCUT2D eigenvalue weighted by molar-refractivity contribution is 5.86. The van der Waals surface area contributed by atoms with E-state index in [0.29, 0.717) is 13.2 Å². The molecule has 0 aliphatic carbocycles. The zero-order chi connectivity index (χ0) is 8.69. The first-order valence-electron chi connectivity index (χ1n) is 3.83. The van der Waals surface area contributed by atoms with Crippen molar-refractivity contribution in [2.75, 3.05) is 13.2 Å².